The van der Waals surface area contributed by atoms with Crippen LogP contribution in [0.1, 0.15) is 12.6 Å². The van der Waals surface area contributed by atoms with E-state index in [-0.39, 0.29) is 0 Å². The third-order valence-corrected chi connectivity index (χ3v) is 3.12. The predicted octanol–water partition coefficient (Wildman–Crippen LogP) is 0.768. The van der Waals surface area contributed by atoms with E-state index in [4.69, 9.17) is 5.73 Å². The van der Waals surface area contributed by atoms with Gasteiger partial charge >= 0.3 is 5.97 Å². The molecule has 1 aromatic rings. The zero-order chi connectivity index (χ0) is 12.2. The van der Waals surface area contributed by atoms with Gasteiger partial charge in [0.2, 0.25) is 0 Å². The van der Waals surface area contributed by atoms with Crippen LogP contribution < -0.4 is 5.73 Å². The fourth-order valence-electron chi connectivity index (χ4n) is 1.00. The zero-order valence-corrected chi connectivity index (χ0v) is 10.4. The van der Waals surface area contributed by atoms with Gasteiger partial charge in [0.1, 0.15) is 5.54 Å². The van der Waals surface area contributed by atoms with Crippen molar-refractivity contribution in [2.24, 2.45) is 5.73 Å². The van der Waals surface area contributed by atoms with Gasteiger partial charge in [-0.25, -0.2) is 9.97 Å². The van der Waals surface area contributed by atoms with Crippen molar-refractivity contribution in [3.05, 3.63) is 18.0 Å². The maximum absolute atomic E-state index is 11.3. The topological polar surface area (TPSA) is 78.1 Å². The van der Waals surface area contributed by atoms with Crippen LogP contribution in [-0.4, -0.2) is 34.3 Å². The summed E-state index contributed by atoms with van der Waals surface area (Å²) in [5, 5.41) is 0.612. The van der Waals surface area contributed by atoms with Crippen molar-refractivity contribution in [2.75, 3.05) is 12.9 Å². The van der Waals surface area contributed by atoms with Crippen LogP contribution in [0.3, 0.4) is 0 Å². The van der Waals surface area contributed by atoms with E-state index in [0.717, 1.165) is 5.69 Å². The zero-order valence-electron chi connectivity index (χ0n) is 9.56. The standard InChI is InChI=1S/C10H15N3O2S/c1-7-4-5-12-9(13-7)16-6-10(2,11)8(14)15-3/h4-5H,6,11H2,1-3H3. The average Bonchev–Trinajstić information content (AvgIpc) is 2.25. The summed E-state index contributed by atoms with van der Waals surface area (Å²) in [6, 6.07) is 1.81. The molecule has 0 aliphatic rings. The lowest BCUT2D eigenvalue weighted by molar-refractivity contribution is -0.145. The number of carbonyl (C=O) groups is 1. The average molecular weight is 241 g/mol. The van der Waals surface area contributed by atoms with Crippen molar-refractivity contribution in [1.29, 1.82) is 0 Å². The molecule has 0 amide bonds. The van der Waals surface area contributed by atoms with Gasteiger partial charge in [-0.05, 0) is 19.9 Å². The largest absolute Gasteiger partial charge is 0.468 e. The van der Waals surface area contributed by atoms with Crippen molar-refractivity contribution in [3.8, 4) is 0 Å². The van der Waals surface area contributed by atoms with Crippen LogP contribution in [0, 0.1) is 6.92 Å². The first-order valence-corrected chi connectivity index (χ1v) is 5.74. The van der Waals surface area contributed by atoms with Gasteiger partial charge < -0.3 is 10.5 Å². The van der Waals surface area contributed by atoms with Crippen molar-refractivity contribution in [3.63, 3.8) is 0 Å². The summed E-state index contributed by atoms with van der Waals surface area (Å²) in [6.07, 6.45) is 1.68. The highest BCUT2D eigenvalue weighted by Crippen LogP contribution is 2.18. The second-order valence-corrected chi connectivity index (χ2v) is 4.62. The molecule has 16 heavy (non-hydrogen) atoms. The summed E-state index contributed by atoms with van der Waals surface area (Å²) in [5.41, 5.74) is 5.67. The Bertz CT molecular complexity index is 382. The van der Waals surface area contributed by atoms with E-state index >= 15 is 0 Å². The Kier molecular flexibility index (Phi) is 4.26. The first-order chi connectivity index (χ1) is 7.45. The van der Waals surface area contributed by atoms with Crippen molar-refractivity contribution in [2.45, 2.75) is 24.5 Å². The van der Waals surface area contributed by atoms with E-state index in [1.807, 2.05) is 13.0 Å². The molecule has 1 rings (SSSR count). The Hall–Kier alpha value is -1.14. The molecule has 0 radical (unpaired) electrons. The van der Waals surface area contributed by atoms with Crippen molar-refractivity contribution in [1.82, 2.24) is 9.97 Å². The third kappa shape index (κ3) is 3.46. The maximum Gasteiger partial charge on any atom is 0.326 e. The van der Waals surface area contributed by atoms with Crippen LogP contribution in [0.25, 0.3) is 0 Å². The van der Waals surface area contributed by atoms with Crippen molar-refractivity contribution < 1.29 is 9.53 Å². The number of methoxy groups -OCH3 is 1. The number of aromatic nitrogens is 2. The van der Waals surface area contributed by atoms with E-state index in [1.54, 1.807) is 13.1 Å². The lowest BCUT2D eigenvalue weighted by Gasteiger charge is -2.20. The molecule has 0 fully saturated rings. The smallest absolute Gasteiger partial charge is 0.326 e. The fourth-order valence-corrected chi connectivity index (χ4v) is 1.89. The number of carbonyl (C=O) groups excluding carboxylic acids is 1. The van der Waals surface area contributed by atoms with E-state index < -0.39 is 11.5 Å². The SMILES string of the molecule is COC(=O)C(C)(N)CSc1nccc(C)n1. The van der Waals surface area contributed by atoms with Crippen LogP contribution >= 0.6 is 11.8 Å². The summed E-state index contributed by atoms with van der Waals surface area (Å²) in [6.45, 7) is 3.51. The van der Waals surface area contributed by atoms with E-state index in [1.165, 1.54) is 18.9 Å². The Labute approximate surface area is 98.8 Å². The van der Waals surface area contributed by atoms with Gasteiger partial charge in [0.25, 0.3) is 0 Å². The van der Waals surface area contributed by atoms with Gasteiger partial charge in [-0.1, -0.05) is 11.8 Å². The molecular weight excluding hydrogens is 226 g/mol. The number of thioether (sulfide) groups is 1. The van der Waals surface area contributed by atoms with Crippen LogP contribution in [0.5, 0.6) is 0 Å². The highest BCUT2D eigenvalue weighted by atomic mass is 32.2. The molecule has 1 heterocycles. The third-order valence-electron chi connectivity index (χ3n) is 1.93. The summed E-state index contributed by atoms with van der Waals surface area (Å²) in [7, 11) is 1.32. The summed E-state index contributed by atoms with van der Waals surface area (Å²) < 4.78 is 4.61. The summed E-state index contributed by atoms with van der Waals surface area (Å²) in [4.78, 5) is 19.6. The van der Waals surface area contributed by atoms with Crippen LogP contribution in [0.4, 0.5) is 0 Å². The molecule has 0 aromatic carbocycles. The summed E-state index contributed by atoms with van der Waals surface area (Å²) in [5.74, 6) is -0.0593. The molecule has 0 aliphatic carbocycles. The Morgan fingerprint density at radius 3 is 2.94 bits per heavy atom. The Balaban J connectivity index is 2.61. The minimum absolute atomic E-state index is 0.378. The molecule has 0 saturated carbocycles. The highest BCUT2D eigenvalue weighted by Gasteiger charge is 2.29. The number of ether oxygens (including phenoxy) is 1. The van der Waals surface area contributed by atoms with Crippen molar-refractivity contribution >= 4 is 17.7 Å². The molecule has 5 nitrogen and oxygen atoms in total. The normalized spacial score (nSPS) is 14.2. The first kappa shape index (κ1) is 12.9. The van der Waals surface area contributed by atoms with Gasteiger partial charge in [0, 0.05) is 17.6 Å². The second kappa shape index (κ2) is 5.27. The van der Waals surface area contributed by atoms with E-state index in [2.05, 4.69) is 14.7 Å². The van der Waals surface area contributed by atoms with Gasteiger partial charge in [0.15, 0.2) is 5.16 Å². The first-order valence-electron chi connectivity index (χ1n) is 4.75. The number of hydrogen-bond acceptors (Lipinski definition) is 6. The quantitative estimate of drug-likeness (QED) is 0.476. The monoisotopic (exact) mass is 241 g/mol. The van der Waals surface area contributed by atoms with Crippen LogP contribution in [-0.2, 0) is 9.53 Å². The number of hydrogen-bond donors (Lipinski definition) is 1. The van der Waals surface area contributed by atoms with Crippen LogP contribution in [0.2, 0.25) is 0 Å². The highest BCUT2D eigenvalue weighted by molar-refractivity contribution is 7.99. The minimum Gasteiger partial charge on any atom is -0.468 e. The molecule has 1 unspecified atom stereocenters. The molecule has 0 bridgehead atoms. The molecule has 1 aromatic heterocycles. The number of nitrogens with zero attached hydrogens (tertiary/aromatic N) is 2. The van der Waals surface area contributed by atoms with Gasteiger partial charge in [-0.2, -0.15) is 0 Å². The lowest BCUT2D eigenvalue weighted by Crippen LogP contribution is -2.48. The molecule has 6 heteroatoms. The Morgan fingerprint density at radius 2 is 2.38 bits per heavy atom. The van der Waals surface area contributed by atoms with Gasteiger partial charge in [-0.15, -0.1) is 0 Å². The second-order valence-electron chi connectivity index (χ2n) is 3.68. The van der Waals surface area contributed by atoms with E-state index in [0.29, 0.717) is 10.9 Å². The molecule has 0 spiro atoms. The van der Waals surface area contributed by atoms with Gasteiger partial charge in [-0.3, -0.25) is 4.79 Å². The molecule has 88 valence electrons. The molecule has 2 N–H and O–H groups in total. The molecule has 1 atom stereocenters. The number of nitrogens with two attached hydrogens (primary N) is 1. The molecular formula is C10H15N3O2S. The molecule has 0 saturated heterocycles. The minimum atomic E-state index is -1.02. The number of aryl methyl sites for hydroxylation is 1. The van der Waals surface area contributed by atoms with Crippen LogP contribution in [0.15, 0.2) is 17.4 Å². The maximum atomic E-state index is 11.3. The van der Waals surface area contributed by atoms with E-state index in [9.17, 15) is 4.79 Å². The Morgan fingerprint density at radius 1 is 1.69 bits per heavy atom. The number of esters is 1. The summed E-state index contributed by atoms with van der Waals surface area (Å²) >= 11 is 1.34. The van der Waals surface area contributed by atoms with Gasteiger partial charge in [0.05, 0.1) is 7.11 Å². The lowest BCUT2D eigenvalue weighted by atomic mass is 10.1. The number of rotatable bonds is 4. The predicted molar refractivity (Wildman–Crippen MR) is 62.1 cm³/mol. The molecule has 0 aliphatic heterocycles. The fraction of sp³-hybridized carbons (Fsp3) is 0.500.